The van der Waals surface area contributed by atoms with Crippen LogP contribution in [-0.4, -0.2) is 37.2 Å². The quantitative estimate of drug-likeness (QED) is 0.0343. The highest BCUT2D eigenvalue weighted by molar-refractivity contribution is 5.71. The minimum absolute atomic E-state index is 0.0611. The van der Waals surface area contributed by atoms with E-state index >= 15 is 0 Å². The number of hydrogen-bond acceptors (Lipinski definition) is 6. The van der Waals surface area contributed by atoms with Gasteiger partial charge in [-0.2, -0.15) is 0 Å². The summed E-state index contributed by atoms with van der Waals surface area (Å²) in [6, 6.07) is 0. The van der Waals surface area contributed by atoms with Crippen LogP contribution in [0.1, 0.15) is 368 Å². The predicted molar refractivity (Wildman–Crippen MR) is 303 cm³/mol. The summed E-state index contributed by atoms with van der Waals surface area (Å²) in [5.41, 5.74) is 0. The molecule has 6 nitrogen and oxygen atoms in total. The van der Waals surface area contributed by atoms with Crippen LogP contribution in [0.15, 0.2) is 0 Å². The maximum atomic E-state index is 12.9. The Morgan fingerprint density at radius 2 is 0.471 bits per heavy atom. The fraction of sp³-hybridized carbons (Fsp3) is 0.953. The third-order valence-corrected chi connectivity index (χ3v) is 14.8. The van der Waals surface area contributed by atoms with E-state index in [-0.39, 0.29) is 31.1 Å². The number of esters is 3. The van der Waals surface area contributed by atoms with Gasteiger partial charge in [-0.05, 0) is 25.2 Å². The smallest absolute Gasteiger partial charge is 0.306 e. The standard InChI is InChI=1S/C64H124O6/c1-5-7-9-11-13-15-17-19-21-22-23-24-28-32-36-40-44-48-52-56-63(66)69-59-61(58-68-62(65)55-51-47-43-39-35-31-20-18-16-14-12-10-8-6-2)70-64(67)57-53-49-45-41-37-33-29-26-25-27-30-34-38-42-46-50-54-60(3)4/h60-61H,5-59H2,1-4H3/t61-/m1/s1. The van der Waals surface area contributed by atoms with Gasteiger partial charge in [0, 0.05) is 19.3 Å². The number of carbonyl (C=O) groups excluding carboxylic acids is 3. The van der Waals surface area contributed by atoms with Crippen LogP contribution < -0.4 is 0 Å². The molecule has 0 aliphatic rings. The van der Waals surface area contributed by atoms with Crippen molar-refractivity contribution in [1.29, 1.82) is 0 Å². The average molecular weight is 990 g/mol. The van der Waals surface area contributed by atoms with Gasteiger partial charge in [0.2, 0.25) is 0 Å². The van der Waals surface area contributed by atoms with E-state index in [1.807, 2.05) is 0 Å². The summed E-state index contributed by atoms with van der Waals surface area (Å²) in [5.74, 6) is 0.0242. The topological polar surface area (TPSA) is 78.9 Å². The van der Waals surface area contributed by atoms with Crippen LogP contribution in [0, 0.1) is 5.92 Å². The van der Waals surface area contributed by atoms with Gasteiger partial charge in [0.05, 0.1) is 0 Å². The Hall–Kier alpha value is -1.59. The normalized spacial score (nSPS) is 12.0. The third-order valence-electron chi connectivity index (χ3n) is 14.8. The molecule has 6 heteroatoms. The van der Waals surface area contributed by atoms with Crippen LogP contribution in [0.25, 0.3) is 0 Å². The lowest BCUT2D eigenvalue weighted by Crippen LogP contribution is -2.30. The highest BCUT2D eigenvalue weighted by Gasteiger charge is 2.19. The Balaban J connectivity index is 4.27. The van der Waals surface area contributed by atoms with Gasteiger partial charge >= 0.3 is 17.9 Å². The highest BCUT2D eigenvalue weighted by atomic mass is 16.6. The van der Waals surface area contributed by atoms with E-state index in [1.54, 1.807) is 0 Å². The zero-order valence-corrected chi connectivity index (χ0v) is 48.0. The minimum atomic E-state index is -0.763. The van der Waals surface area contributed by atoms with Crippen molar-refractivity contribution in [3.05, 3.63) is 0 Å². The summed E-state index contributed by atoms with van der Waals surface area (Å²) in [6.07, 6.45) is 65.3. The molecule has 1 atom stereocenters. The molecule has 0 N–H and O–H groups in total. The summed E-state index contributed by atoms with van der Waals surface area (Å²) in [4.78, 5) is 38.3. The fourth-order valence-corrected chi connectivity index (χ4v) is 9.99. The van der Waals surface area contributed by atoms with Gasteiger partial charge in [0.15, 0.2) is 6.10 Å². The molecule has 0 saturated heterocycles. The molecule has 0 amide bonds. The molecule has 0 bridgehead atoms. The van der Waals surface area contributed by atoms with Gasteiger partial charge in [-0.25, -0.2) is 0 Å². The summed E-state index contributed by atoms with van der Waals surface area (Å²) in [7, 11) is 0. The molecule has 0 saturated carbocycles. The molecular weight excluding hydrogens is 865 g/mol. The Morgan fingerprint density at radius 3 is 0.700 bits per heavy atom. The summed E-state index contributed by atoms with van der Waals surface area (Å²) in [5, 5.41) is 0. The zero-order valence-electron chi connectivity index (χ0n) is 48.0. The van der Waals surface area contributed by atoms with Crippen LogP contribution in [0.3, 0.4) is 0 Å². The van der Waals surface area contributed by atoms with Crippen molar-refractivity contribution < 1.29 is 28.6 Å². The molecule has 0 spiro atoms. The molecular formula is C64H124O6. The Labute approximate surface area is 438 Å². The van der Waals surface area contributed by atoms with Crippen molar-refractivity contribution in [1.82, 2.24) is 0 Å². The summed E-state index contributed by atoms with van der Waals surface area (Å²) < 4.78 is 17.0. The number of ether oxygens (including phenoxy) is 3. The van der Waals surface area contributed by atoms with E-state index in [0.717, 1.165) is 63.7 Å². The van der Waals surface area contributed by atoms with Crippen molar-refractivity contribution in [2.75, 3.05) is 13.2 Å². The molecule has 70 heavy (non-hydrogen) atoms. The second-order valence-electron chi connectivity index (χ2n) is 22.5. The van der Waals surface area contributed by atoms with Crippen LogP contribution in [0.5, 0.6) is 0 Å². The van der Waals surface area contributed by atoms with Crippen molar-refractivity contribution >= 4 is 17.9 Å². The molecule has 0 aromatic rings. The first-order valence-electron chi connectivity index (χ1n) is 31.9. The van der Waals surface area contributed by atoms with Crippen molar-refractivity contribution in [2.24, 2.45) is 5.92 Å². The Kier molecular flexibility index (Phi) is 57.0. The number of carbonyl (C=O) groups is 3. The fourth-order valence-electron chi connectivity index (χ4n) is 9.99. The van der Waals surface area contributed by atoms with Gasteiger partial charge in [-0.3, -0.25) is 14.4 Å². The molecule has 0 heterocycles. The summed E-state index contributed by atoms with van der Waals surface area (Å²) >= 11 is 0. The maximum Gasteiger partial charge on any atom is 0.306 e. The predicted octanol–water partition coefficient (Wildman–Crippen LogP) is 21.4. The molecule has 0 fully saturated rings. The second-order valence-corrected chi connectivity index (χ2v) is 22.5. The Bertz CT molecular complexity index is 1060. The molecule has 0 unspecified atom stereocenters. The van der Waals surface area contributed by atoms with Crippen molar-refractivity contribution in [3.8, 4) is 0 Å². The van der Waals surface area contributed by atoms with Crippen molar-refractivity contribution in [2.45, 2.75) is 374 Å². The maximum absolute atomic E-state index is 12.9. The number of unbranched alkanes of at least 4 members (excludes halogenated alkanes) is 46. The molecule has 0 aromatic heterocycles. The lowest BCUT2D eigenvalue weighted by atomic mass is 10.0. The van der Waals surface area contributed by atoms with Gasteiger partial charge in [-0.15, -0.1) is 0 Å². The van der Waals surface area contributed by atoms with Crippen LogP contribution in [-0.2, 0) is 28.6 Å². The first-order chi connectivity index (χ1) is 34.4. The van der Waals surface area contributed by atoms with Crippen LogP contribution >= 0.6 is 0 Å². The van der Waals surface area contributed by atoms with Crippen LogP contribution in [0.2, 0.25) is 0 Å². The van der Waals surface area contributed by atoms with E-state index < -0.39 is 6.10 Å². The van der Waals surface area contributed by atoms with E-state index in [1.165, 1.54) is 263 Å². The molecule has 0 radical (unpaired) electrons. The van der Waals surface area contributed by atoms with E-state index in [2.05, 4.69) is 27.7 Å². The van der Waals surface area contributed by atoms with E-state index in [9.17, 15) is 14.4 Å². The SMILES string of the molecule is CCCCCCCCCCCCCCCCCCCCCC(=O)OC[C@@H](COC(=O)CCCCCCCCCCCCCCCC)OC(=O)CCCCCCCCCCCCCCCCCCC(C)C. The average Bonchev–Trinajstić information content (AvgIpc) is 3.35. The first-order valence-corrected chi connectivity index (χ1v) is 31.9. The van der Waals surface area contributed by atoms with Gasteiger partial charge in [0.25, 0.3) is 0 Å². The largest absolute Gasteiger partial charge is 0.462 e. The van der Waals surface area contributed by atoms with Gasteiger partial charge < -0.3 is 14.2 Å². The highest BCUT2D eigenvalue weighted by Crippen LogP contribution is 2.19. The Morgan fingerprint density at radius 1 is 0.271 bits per heavy atom. The second kappa shape index (κ2) is 58.3. The van der Waals surface area contributed by atoms with E-state index in [0.29, 0.717) is 19.3 Å². The molecule has 0 aromatic carbocycles. The minimum Gasteiger partial charge on any atom is -0.462 e. The number of rotatable bonds is 59. The first kappa shape index (κ1) is 68.4. The number of hydrogen-bond donors (Lipinski definition) is 0. The summed E-state index contributed by atoms with van der Waals surface area (Å²) in [6.45, 7) is 9.09. The van der Waals surface area contributed by atoms with Gasteiger partial charge in [-0.1, -0.05) is 329 Å². The third kappa shape index (κ3) is 57.3. The monoisotopic (exact) mass is 989 g/mol. The zero-order chi connectivity index (χ0) is 50.9. The van der Waals surface area contributed by atoms with Gasteiger partial charge in [0.1, 0.15) is 13.2 Å². The lowest BCUT2D eigenvalue weighted by molar-refractivity contribution is -0.167. The van der Waals surface area contributed by atoms with Crippen LogP contribution in [0.4, 0.5) is 0 Å². The van der Waals surface area contributed by atoms with Crippen molar-refractivity contribution in [3.63, 3.8) is 0 Å². The molecule has 0 aliphatic carbocycles. The van der Waals surface area contributed by atoms with E-state index in [4.69, 9.17) is 14.2 Å². The molecule has 0 aliphatic heterocycles. The lowest BCUT2D eigenvalue weighted by Gasteiger charge is -2.18. The molecule has 416 valence electrons. The molecule has 0 rings (SSSR count).